The molecule has 0 aliphatic heterocycles. The number of sulfonamides is 1. The van der Waals surface area contributed by atoms with Crippen molar-refractivity contribution in [3.8, 4) is 0 Å². The summed E-state index contributed by atoms with van der Waals surface area (Å²) in [5, 5.41) is 11.1. The smallest absolute Gasteiger partial charge is 0.233 e. The van der Waals surface area contributed by atoms with Gasteiger partial charge in [0.05, 0.1) is 5.75 Å². The number of anilines is 3. The van der Waals surface area contributed by atoms with Crippen LogP contribution < -0.4 is 10.0 Å². The molecule has 0 saturated heterocycles. The van der Waals surface area contributed by atoms with E-state index in [2.05, 4.69) is 46.2 Å². The first-order valence-electron chi connectivity index (χ1n) is 8.11. The number of unbranched alkanes of at least 4 members (excludes halogenated alkanes) is 1. The van der Waals surface area contributed by atoms with E-state index in [9.17, 15) is 8.42 Å². The van der Waals surface area contributed by atoms with Gasteiger partial charge in [-0.2, -0.15) is 0 Å². The Kier molecular flexibility index (Phi) is 6.14. The fourth-order valence-corrected chi connectivity index (χ4v) is 3.30. The maximum absolute atomic E-state index is 11.8. The highest BCUT2D eigenvalue weighted by Gasteiger charge is 2.10. The molecule has 0 bridgehead atoms. The second-order valence-corrected chi connectivity index (χ2v) is 7.82. The molecule has 1 aromatic heterocycles. The summed E-state index contributed by atoms with van der Waals surface area (Å²) in [5.41, 5.74) is 2.17. The molecule has 0 aliphatic carbocycles. The molecule has 1 aromatic carbocycles. The molecule has 130 valence electrons. The van der Waals surface area contributed by atoms with Crippen molar-refractivity contribution in [2.45, 2.75) is 39.5 Å². The maximum Gasteiger partial charge on any atom is 0.233 e. The molecule has 0 saturated carbocycles. The van der Waals surface area contributed by atoms with Gasteiger partial charge in [0.1, 0.15) is 0 Å². The van der Waals surface area contributed by atoms with E-state index >= 15 is 0 Å². The Balaban J connectivity index is 1.99. The molecule has 0 fully saturated rings. The molecule has 24 heavy (non-hydrogen) atoms. The van der Waals surface area contributed by atoms with Gasteiger partial charge in [0.15, 0.2) is 11.6 Å². The molecule has 2 rings (SSSR count). The average molecular weight is 348 g/mol. The monoisotopic (exact) mass is 348 g/mol. The topological polar surface area (TPSA) is 84.0 Å². The lowest BCUT2D eigenvalue weighted by Gasteiger charge is -2.09. The van der Waals surface area contributed by atoms with Crippen LogP contribution in [0.4, 0.5) is 17.3 Å². The highest BCUT2D eigenvalue weighted by molar-refractivity contribution is 7.92. The predicted molar refractivity (Wildman–Crippen MR) is 98.2 cm³/mol. The second kappa shape index (κ2) is 8.10. The van der Waals surface area contributed by atoms with Crippen LogP contribution in [0.5, 0.6) is 0 Å². The molecule has 0 aliphatic rings. The molecule has 0 spiro atoms. The highest BCUT2D eigenvalue weighted by atomic mass is 32.2. The first-order chi connectivity index (χ1) is 11.4. The zero-order valence-electron chi connectivity index (χ0n) is 14.3. The lowest BCUT2D eigenvalue weighted by molar-refractivity contribution is 0.597. The molecule has 0 unspecified atom stereocenters. The molecular weight excluding hydrogens is 324 g/mol. The number of hydrogen-bond acceptors (Lipinski definition) is 5. The van der Waals surface area contributed by atoms with Crippen LogP contribution >= 0.6 is 0 Å². The maximum atomic E-state index is 11.8. The van der Waals surface area contributed by atoms with Gasteiger partial charge < -0.3 is 5.32 Å². The van der Waals surface area contributed by atoms with Crippen molar-refractivity contribution >= 4 is 27.3 Å². The molecule has 7 heteroatoms. The van der Waals surface area contributed by atoms with Crippen molar-refractivity contribution < 1.29 is 8.42 Å². The van der Waals surface area contributed by atoms with E-state index in [-0.39, 0.29) is 11.6 Å². The van der Waals surface area contributed by atoms with Crippen molar-refractivity contribution in [2.24, 2.45) is 0 Å². The van der Waals surface area contributed by atoms with Crippen LogP contribution in [-0.4, -0.2) is 24.4 Å². The first-order valence-corrected chi connectivity index (χ1v) is 9.76. The summed E-state index contributed by atoms with van der Waals surface area (Å²) < 4.78 is 26.1. The number of aromatic nitrogens is 2. The van der Waals surface area contributed by atoms with E-state index < -0.39 is 10.0 Å². The molecule has 0 radical (unpaired) electrons. The minimum Gasteiger partial charge on any atom is -0.339 e. The summed E-state index contributed by atoms with van der Waals surface area (Å²) in [4.78, 5) is 0. The van der Waals surface area contributed by atoms with Gasteiger partial charge in [-0.1, -0.05) is 39.3 Å². The van der Waals surface area contributed by atoms with Crippen LogP contribution in [0, 0.1) is 0 Å². The van der Waals surface area contributed by atoms with Crippen molar-refractivity contribution in [1.82, 2.24) is 10.2 Å². The van der Waals surface area contributed by atoms with Gasteiger partial charge in [0.2, 0.25) is 10.0 Å². The van der Waals surface area contributed by atoms with E-state index in [0.29, 0.717) is 18.2 Å². The Morgan fingerprint density at radius 3 is 2.17 bits per heavy atom. The molecule has 6 nitrogen and oxygen atoms in total. The number of benzene rings is 1. The lowest BCUT2D eigenvalue weighted by atomic mass is 10.0. The van der Waals surface area contributed by atoms with Gasteiger partial charge in [-0.05, 0) is 42.2 Å². The third-order valence-corrected chi connectivity index (χ3v) is 4.89. The Labute approximate surface area is 143 Å². The van der Waals surface area contributed by atoms with Crippen molar-refractivity contribution in [1.29, 1.82) is 0 Å². The fraction of sp³-hybridized carbons (Fsp3) is 0.412. The Hall–Kier alpha value is -2.15. The molecular formula is C17H24N4O2S. The number of hydrogen-bond donors (Lipinski definition) is 2. The van der Waals surface area contributed by atoms with Crippen molar-refractivity contribution in [3.63, 3.8) is 0 Å². The molecule has 0 atom stereocenters. The minimum atomic E-state index is -3.35. The Bertz CT molecular complexity index is 741. The third kappa shape index (κ3) is 5.49. The first kappa shape index (κ1) is 18.2. The molecule has 1 heterocycles. The molecule has 2 aromatic rings. The summed E-state index contributed by atoms with van der Waals surface area (Å²) in [6.07, 6.45) is 1.44. The van der Waals surface area contributed by atoms with Crippen LogP contribution in [0.15, 0.2) is 36.4 Å². The SMILES string of the molecule is CCCCS(=O)(=O)Nc1ccc(Nc2ccc(C(C)C)cc2)nn1. The van der Waals surface area contributed by atoms with Gasteiger partial charge in [0, 0.05) is 5.69 Å². The van der Waals surface area contributed by atoms with E-state index in [4.69, 9.17) is 0 Å². The zero-order chi connectivity index (χ0) is 17.6. The zero-order valence-corrected chi connectivity index (χ0v) is 15.1. The Morgan fingerprint density at radius 2 is 1.62 bits per heavy atom. The molecule has 0 amide bonds. The van der Waals surface area contributed by atoms with Crippen LogP contribution in [0.2, 0.25) is 0 Å². The summed E-state index contributed by atoms with van der Waals surface area (Å²) in [5.74, 6) is 1.36. The standard InChI is InChI=1S/C17H24N4O2S/c1-4-5-12-24(22,23)21-17-11-10-16(19-20-17)18-15-8-6-14(7-9-15)13(2)3/h6-11,13H,4-5,12H2,1-3H3,(H,18,19)(H,20,21). The van der Waals surface area contributed by atoms with Gasteiger partial charge in [-0.3, -0.25) is 4.72 Å². The van der Waals surface area contributed by atoms with Gasteiger partial charge in [0.25, 0.3) is 0 Å². The van der Waals surface area contributed by atoms with Crippen LogP contribution in [-0.2, 0) is 10.0 Å². The molecule has 2 N–H and O–H groups in total. The van der Waals surface area contributed by atoms with E-state index in [1.165, 1.54) is 5.56 Å². The van der Waals surface area contributed by atoms with Crippen LogP contribution in [0.1, 0.15) is 45.1 Å². The summed E-state index contributed by atoms with van der Waals surface area (Å²) in [6.45, 7) is 6.24. The summed E-state index contributed by atoms with van der Waals surface area (Å²) >= 11 is 0. The Morgan fingerprint density at radius 1 is 1.00 bits per heavy atom. The summed E-state index contributed by atoms with van der Waals surface area (Å²) in [7, 11) is -3.35. The van der Waals surface area contributed by atoms with Crippen LogP contribution in [0.25, 0.3) is 0 Å². The van der Waals surface area contributed by atoms with Crippen molar-refractivity contribution in [2.75, 3.05) is 15.8 Å². The number of nitrogens with zero attached hydrogens (tertiary/aromatic N) is 2. The predicted octanol–water partition coefficient (Wildman–Crippen LogP) is 3.89. The minimum absolute atomic E-state index is 0.0907. The van der Waals surface area contributed by atoms with Crippen LogP contribution in [0.3, 0.4) is 0 Å². The normalized spacial score (nSPS) is 11.5. The van der Waals surface area contributed by atoms with Gasteiger partial charge in [-0.25, -0.2) is 8.42 Å². The second-order valence-electron chi connectivity index (χ2n) is 5.98. The van der Waals surface area contributed by atoms with E-state index in [0.717, 1.165) is 12.1 Å². The summed E-state index contributed by atoms with van der Waals surface area (Å²) in [6, 6.07) is 11.4. The quantitative estimate of drug-likeness (QED) is 0.756. The van der Waals surface area contributed by atoms with E-state index in [1.807, 2.05) is 19.1 Å². The van der Waals surface area contributed by atoms with E-state index in [1.54, 1.807) is 12.1 Å². The highest BCUT2D eigenvalue weighted by Crippen LogP contribution is 2.19. The van der Waals surface area contributed by atoms with Gasteiger partial charge in [-0.15, -0.1) is 10.2 Å². The fourth-order valence-electron chi connectivity index (χ4n) is 2.10. The lowest BCUT2D eigenvalue weighted by Crippen LogP contribution is -2.17. The average Bonchev–Trinajstić information content (AvgIpc) is 2.55. The number of nitrogens with one attached hydrogen (secondary N) is 2. The van der Waals surface area contributed by atoms with Crippen molar-refractivity contribution in [3.05, 3.63) is 42.0 Å². The largest absolute Gasteiger partial charge is 0.339 e. The third-order valence-electron chi connectivity index (χ3n) is 3.54. The van der Waals surface area contributed by atoms with Gasteiger partial charge >= 0.3 is 0 Å². The number of rotatable bonds is 8.